The molecule has 0 heterocycles. The molecule has 0 radical (unpaired) electrons. The first-order valence-corrected chi connectivity index (χ1v) is 5.72. The molecule has 0 fully saturated rings. The molecule has 0 saturated heterocycles. The van der Waals surface area contributed by atoms with E-state index in [1.807, 2.05) is 0 Å². The normalized spacial score (nSPS) is 11.1. The molecule has 1 aromatic carbocycles. The van der Waals surface area contributed by atoms with Crippen molar-refractivity contribution in [2.75, 3.05) is 25.9 Å². The van der Waals surface area contributed by atoms with Gasteiger partial charge in [0.05, 0.1) is 5.60 Å². The average molecular weight is 252 g/mol. The molecule has 0 saturated carbocycles. The fraction of sp³-hybridized carbons (Fsp3) is 0.462. The average Bonchev–Trinajstić information content (AvgIpc) is 2.23. The first-order valence-electron chi connectivity index (χ1n) is 5.72. The number of carbonyl (C=O) groups excluding carboxylic acids is 1. The highest BCUT2D eigenvalue weighted by atomic mass is 16.5. The fourth-order valence-electron chi connectivity index (χ4n) is 1.53. The van der Waals surface area contributed by atoms with Gasteiger partial charge in [-0.25, -0.2) is 0 Å². The Bertz CT molecular complexity index is 413. The van der Waals surface area contributed by atoms with Crippen LogP contribution in [0.5, 0.6) is 5.75 Å². The van der Waals surface area contributed by atoms with Crippen LogP contribution in [0.2, 0.25) is 0 Å². The molecule has 100 valence electrons. The summed E-state index contributed by atoms with van der Waals surface area (Å²) in [7, 11) is 1.63. The van der Waals surface area contributed by atoms with Gasteiger partial charge in [-0.3, -0.25) is 4.79 Å². The van der Waals surface area contributed by atoms with Gasteiger partial charge >= 0.3 is 0 Å². The third-order valence-corrected chi connectivity index (χ3v) is 2.27. The lowest BCUT2D eigenvalue weighted by Crippen LogP contribution is -2.41. The molecule has 0 aliphatic heterocycles. The number of nitrogens with two attached hydrogens (primary N) is 1. The number of likely N-dealkylation sites (N-methyl/N-ethyl adjacent to an activating group) is 1. The van der Waals surface area contributed by atoms with E-state index in [0.717, 1.165) is 0 Å². The van der Waals surface area contributed by atoms with Crippen LogP contribution in [0.15, 0.2) is 24.3 Å². The second kappa shape index (κ2) is 5.73. The van der Waals surface area contributed by atoms with Crippen molar-refractivity contribution in [3.63, 3.8) is 0 Å². The number of hydrogen-bond acceptors (Lipinski definition) is 4. The third kappa shape index (κ3) is 5.05. The molecular weight excluding hydrogens is 232 g/mol. The zero-order chi connectivity index (χ0) is 13.8. The molecule has 5 heteroatoms. The zero-order valence-electron chi connectivity index (χ0n) is 11.0. The number of ether oxygens (including phenoxy) is 1. The maximum atomic E-state index is 11.7. The van der Waals surface area contributed by atoms with Gasteiger partial charge in [0, 0.05) is 25.3 Å². The van der Waals surface area contributed by atoms with E-state index in [1.54, 1.807) is 45.2 Å². The minimum absolute atomic E-state index is 0.0734. The van der Waals surface area contributed by atoms with Gasteiger partial charge < -0.3 is 20.5 Å². The summed E-state index contributed by atoms with van der Waals surface area (Å²) in [6.07, 6.45) is 0. The molecule has 0 bridgehead atoms. The van der Waals surface area contributed by atoms with Crippen LogP contribution < -0.4 is 10.5 Å². The Morgan fingerprint density at radius 1 is 1.50 bits per heavy atom. The smallest absolute Gasteiger partial charge is 0.260 e. The van der Waals surface area contributed by atoms with Crippen LogP contribution in [0, 0.1) is 0 Å². The predicted molar refractivity (Wildman–Crippen MR) is 70.3 cm³/mol. The number of amides is 1. The third-order valence-electron chi connectivity index (χ3n) is 2.27. The Morgan fingerprint density at radius 2 is 2.17 bits per heavy atom. The SMILES string of the molecule is CN(CC(C)(C)O)C(=O)COc1cccc(N)c1. The van der Waals surface area contributed by atoms with Gasteiger partial charge in [0.2, 0.25) is 0 Å². The molecule has 0 atom stereocenters. The van der Waals surface area contributed by atoms with E-state index in [4.69, 9.17) is 10.5 Å². The van der Waals surface area contributed by atoms with Gasteiger partial charge in [0.25, 0.3) is 5.91 Å². The van der Waals surface area contributed by atoms with E-state index in [9.17, 15) is 9.90 Å². The van der Waals surface area contributed by atoms with Crippen molar-refractivity contribution in [1.82, 2.24) is 4.90 Å². The van der Waals surface area contributed by atoms with Gasteiger partial charge in [0.1, 0.15) is 5.75 Å². The van der Waals surface area contributed by atoms with Gasteiger partial charge in [-0.1, -0.05) is 6.07 Å². The number of rotatable bonds is 5. The molecule has 3 N–H and O–H groups in total. The highest BCUT2D eigenvalue weighted by Gasteiger charge is 2.19. The van der Waals surface area contributed by atoms with Crippen molar-refractivity contribution in [2.24, 2.45) is 0 Å². The monoisotopic (exact) mass is 252 g/mol. The number of benzene rings is 1. The summed E-state index contributed by atoms with van der Waals surface area (Å²) in [5, 5.41) is 9.61. The summed E-state index contributed by atoms with van der Waals surface area (Å²) in [5.74, 6) is 0.361. The molecular formula is C13H20N2O3. The van der Waals surface area contributed by atoms with Crippen LogP contribution in [-0.2, 0) is 4.79 Å². The van der Waals surface area contributed by atoms with Crippen molar-refractivity contribution in [1.29, 1.82) is 0 Å². The second-order valence-corrected chi connectivity index (χ2v) is 4.92. The van der Waals surface area contributed by atoms with Crippen LogP contribution in [0.25, 0.3) is 0 Å². The number of aliphatic hydroxyl groups is 1. The quantitative estimate of drug-likeness (QED) is 0.763. The topological polar surface area (TPSA) is 75.8 Å². The summed E-state index contributed by atoms with van der Waals surface area (Å²) in [6.45, 7) is 3.48. The molecule has 18 heavy (non-hydrogen) atoms. The molecule has 0 spiro atoms. The lowest BCUT2D eigenvalue weighted by molar-refractivity contribution is -0.134. The number of nitrogen functional groups attached to an aromatic ring is 1. The first kappa shape index (κ1) is 14.3. The molecule has 5 nitrogen and oxygen atoms in total. The molecule has 0 aromatic heterocycles. The number of hydrogen-bond donors (Lipinski definition) is 2. The van der Waals surface area contributed by atoms with E-state index in [0.29, 0.717) is 11.4 Å². The maximum absolute atomic E-state index is 11.7. The summed E-state index contributed by atoms with van der Waals surface area (Å²) in [6, 6.07) is 6.90. The Morgan fingerprint density at radius 3 is 2.72 bits per heavy atom. The summed E-state index contributed by atoms with van der Waals surface area (Å²) in [5.41, 5.74) is 5.27. The molecule has 0 unspecified atom stereocenters. The minimum Gasteiger partial charge on any atom is -0.484 e. The predicted octanol–water partition coefficient (Wildman–Crippen LogP) is 0.877. The second-order valence-electron chi connectivity index (χ2n) is 4.92. The van der Waals surface area contributed by atoms with Crippen molar-refractivity contribution in [2.45, 2.75) is 19.4 Å². The summed E-state index contributed by atoms with van der Waals surface area (Å²) in [4.78, 5) is 13.2. The first-order chi connectivity index (χ1) is 8.28. The highest BCUT2D eigenvalue weighted by Crippen LogP contribution is 2.14. The van der Waals surface area contributed by atoms with Crippen LogP contribution in [0.4, 0.5) is 5.69 Å². The largest absolute Gasteiger partial charge is 0.484 e. The highest BCUT2D eigenvalue weighted by molar-refractivity contribution is 5.77. The van der Waals surface area contributed by atoms with Gasteiger partial charge in [-0.05, 0) is 26.0 Å². The van der Waals surface area contributed by atoms with Crippen LogP contribution in [0.3, 0.4) is 0 Å². The lowest BCUT2D eigenvalue weighted by Gasteiger charge is -2.25. The summed E-state index contributed by atoms with van der Waals surface area (Å²) >= 11 is 0. The van der Waals surface area contributed by atoms with E-state index >= 15 is 0 Å². The van der Waals surface area contributed by atoms with E-state index < -0.39 is 5.60 Å². The van der Waals surface area contributed by atoms with Crippen molar-refractivity contribution >= 4 is 11.6 Å². The molecule has 0 aliphatic rings. The Kier molecular flexibility index (Phi) is 4.55. The standard InChI is InChI=1S/C13H20N2O3/c1-13(2,17)9-15(3)12(16)8-18-11-6-4-5-10(14)7-11/h4-7,17H,8-9,14H2,1-3H3. The Labute approximate surface area is 107 Å². The number of anilines is 1. The molecule has 0 aliphatic carbocycles. The van der Waals surface area contributed by atoms with E-state index in [-0.39, 0.29) is 19.1 Å². The molecule has 1 amide bonds. The van der Waals surface area contributed by atoms with Crippen molar-refractivity contribution in [3.05, 3.63) is 24.3 Å². The van der Waals surface area contributed by atoms with Crippen molar-refractivity contribution in [3.8, 4) is 5.75 Å². The van der Waals surface area contributed by atoms with E-state index in [2.05, 4.69) is 0 Å². The fourth-order valence-corrected chi connectivity index (χ4v) is 1.53. The van der Waals surface area contributed by atoms with Crippen LogP contribution >= 0.6 is 0 Å². The number of carbonyl (C=O) groups is 1. The van der Waals surface area contributed by atoms with Gasteiger partial charge in [-0.2, -0.15) is 0 Å². The summed E-state index contributed by atoms with van der Waals surface area (Å²) < 4.78 is 5.33. The minimum atomic E-state index is -0.915. The van der Waals surface area contributed by atoms with Gasteiger partial charge in [-0.15, -0.1) is 0 Å². The zero-order valence-corrected chi connectivity index (χ0v) is 11.0. The Hall–Kier alpha value is -1.75. The van der Waals surface area contributed by atoms with Crippen LogP contribution in [0.1, 0.15) is 13.8 Å². The molecule has 1 rings (SSSR count). The van der Waals surface area contributed by atoms with E-state index in [1.165, 1.54) is 4.90 Å². The van der Waals surface area contributed by atoms with Gasteiger partial charge in [0.15, 0.2) is 6.61 Å². The lowest BCUT2D eigenvalue weighted by atomic mass is 10.1. The maximum Gasteiger partial charge on any atom is 0.260 e. The Balaban J connectivity index is 2.46. The number of nitrogens with zero attached hydrogens (tertiary/aromatic N) is 1. The van der Waals surface area contributed by atoms with Crippen LogP contribution in [-0.4, -0.2) is 41.7 Å². The van der Waals surface area contributed by atoms with Crippen molar-refractivity contribution < 1.29 is 14.6 Å². The molecule has 1 aromatic rings.